The Labute approximate surface area is 140 Å². The van der Waals surface area contributed by atoms with Gasteiger partial charge in [-0.2, -0.15) is 0 Å². The molecule has 0 saturated heterocycles. The molecule has 3 nitrogen and oxygen atoms in total. The molecule has 2 rings (SSSR count). The summed E-state index contributed by atoms with van der Waals surface area (Å²) < 4.78 is 7.73. The maximum atomic E-state index is 5.99. The molecule has 1 aromatic heterocycles. The summed E-state index contributed by atoms with van der Waals surface area (Å²) in [4.78, 5) is 4.38. The van der Waals surface area contributed by atoms with Crippen molar-refractivity contribution in [2.75, 3.05) is 20.2 Å². The molecule has 0 atom stereocenters. The van der Waals surface area contributed by atoms with Gasteiger partial charge in [-0.15, -0.1) is 0 Å². The van der Waals surface area contributed by atoms with Crippen LogP contribution in [0.4, 0.5) is 0 Å². The van der Waals surface area contributed by atoms with Crippen molar-refractivity contribution in [2.45, 2.75) is 12.8 Å². The highest BCUT2D eigenvalue weighted by Gasteiger charge is 2.12. The van der Waals surface area contributed by atoms with Crippen molar-refractivity contribution >= 4 is 54.4 Å². The Kier molecular flexibility index (Phi) is 6.08. The van der Waals surface area contributed by atoms with Crippen molar-refractivity contribution in [3.8, 4) is 5.75 Å². The van der Waals surface area contributed by atoms with Crippen molar-refractivity contribution in [3.63, 3.8) is 0 Å². The quantitative estimate of drug-likeness (QED) is 0.537. The molecule has 0 aliphatic rings. The first-order valence-corrected chi connectivity index (χ1v) is 8.31. The summed E-state index contributed by atoms with van der Waals surface area (Å²) in [5.41, 5.74) is 0.771. The van der Waals surface area contributed by atoms with Gasteiger partial charge in [0.2, 0.25) is 0 Å². The van der Waals surface area contributed by atoms with Gasteiger partial charge in [0.25, 0.3) is 0 Å². The summed E-state index contributed by atoms with van der Waals surface area (Å²) in [7, 11) is 1.95. The van der Waals surface area contributed by atoms with Crippen molar-refractivity contribution in [2.24, 2.45) is 0 Å². The van der Waals surface area contributed by atoms with Gasteiger partial charge >= 0.3 is 0 Å². The van der Waals surface area contributed by atoms with Crippen LogP contribution in [0.5, 0.6) is 5.75 Å². The molecule has 2 aromatic rings. The molecule has 20 heavy (non-hydrogen) atoms. The minimum Gasteiger partial charge on any atom is -0.490 e. The molecule has 1 aromatic carbocycles. The number of hydrogen-bond acceptors (Lipinski definition) is 3. The number of pyridine rings is 1. The Morgan fingerprint density at radius 1 is 1.25 bits per heavy atom. The predicted octanol–water partition coefficient (Wildman–Crippen LogP) is 4.79. The molecule has 1 N–H and O–H groups in total. The van der Waals surface area contributed by atoms with Crippen LogP contribution in [-0.2, 0) is 0 Å². The summed E-state index contributed by atoms with van der Waals surface area (Å²) in [5.74, 6) is 0.746. The molecular formula is C14H15Br2ClN2O. The molecule has 0 radical (unpaired) electrons. The fraction of sp³-hybridized carbons (Fsp3) is 0.357. The minimum absolute atomic E-state index is 0.461. The highest BCUT2D eigenvalue weighted by Crippen LogP contribution is 2.38. The third-order valence-electron chi connectivity index (χ3n) is 2.87. The van der Waals surface area contributed by atoms with Crippen molar-refractivity contribution < 1.29 is 4.74 Å². The van der Waals surface area contributed by atoms with E-state index in [4.69, 9.17) is 16.3 Å². The molecule has 0 fully saturated rings. The zero-order chi connectivity index (χ0) is 14.5. The normalized spacial score (nSPS) is 11.0. The van der Waals surface area contributed by atoms with Crippen LogP contribution >= 0.6 is 43.5 Å². The molecule has 0 bridgehead atoms. The van der Waals surface area contributed by atoms with Gasteiger partial charge in [-0.05, 0) is 60.6 Å². The third-order valence-corrected chi connectivity index (χ3v) is 4.33. The number of nitrogens with zero attached hydrogens (tertiary/aromatic N) is 1. The SMILES string of the molecule is CNCCCCOc1c(Br)cc(Br)c2ccc(Cl)nc12. The second-order valence-electron chi connectivity index (χ2n) is 4.36. The molecule has 0 spiro atoms. The highest BCUT2D eigenvalue weighted by molar-refractivity contribution is 9.11. The predicted molar refractivity (Wildman–Crippen MR) is 90.8 cm³/mol. The number of unbranched alkanes of at least 4 members (excludes halogenated alkanes) is 1. The smallest absolute Gasteiger partial charge is 0.159 e. The average Bonchev–Trinajstić information content (AvgIpc) is 2.41. The lowest BCUT2D eigenvalue weighted by atomic mass is 10.2. The molecule has 0 aliphatic heterocycles. The molecule has 0 saturated carbocycles. The number of aromatic nitrogens is 1. The van der Waals surface area contributed by atoms with E-state index in [1.54, 1.807) is 6.07 Å². The second-order valence-corrected chi connectivity index (χ2v) is 6.45. The first kappa shape index (κ1) is 16.0. The van der Waals surface area contributed by atoms with Crippen LogP contribution in [0.1, 0.15) is 12.8 Å². The Morgan fingerprint density at radius 3 is 2.80 bits per heavy atom. The molecular weight excluding hydrogens is 407 g/mol. The maximum Gasteiger partial charge on any atom is 0.159 e. The summed E-state index contributed by atoms with van der Waals surface area (Å²) >= 11 is 13.0. The third kappa shape index (κ3) is 3.85. The maximum absolute atomic E-state index is 5.99. The lowest BCUT2D eigenvalue weighted by molar-refractivity contribution is 0.307. The summed E-state index contributed by atoms with van der Waals surface area (Å²) in [5, 5.41) is 4.57. The standard InChI is InChI=1S/C14H15Br2ClN2O/c1-18-6-2-3-7-20-14-11(16)8-10(15)9-4-5-12(17)19-13(9)14/h4-5,8,18H,2-3,6-7H2,1H3. The molecule has 108 valence electrons. The van der Waals surface area contributed by atoms with Crippen LogP contribution in [0.3, 0.4) is 0 Å². The minimum atomic E-state index is 0.461. The number of nitrogens with one attached hydrogen (secondary N) is 1. The molecule has 0 unspecified atom stereocenters. The number of hydrogen-bond donors (Lipinski definition) is 1. The number of benzene rings is 1. The van der Waals surface area contributed by atoms with E-state index < -0.39 is 0 Å². The van der Waals surface area contributed by atoms with E-state index in [-0.39, 0.29) is 0 Å². The van der Waals surface area contributed by atoms with Crippen molar-refractivity contribution in [3.05, 3.63) is 32.3 Å². The molecule has 1 heterocycles. The van der Waals surface area contributed by atoms with Gasteiger partial charge in [-0.3, -0.25) is 0 Å². The summed E-state index contributed by atoms with van der Waals surface area (Å²) in [6.45, 7) is 1.65. The van der Waals surface area contributed by atoms with E-state index in [9.17, 15) is 0 Å². The first-order valence-electron chi connectivity index (χ1n) is 6.35. The van der Waals surface area contributed by atoms with E-state index in [1.165, 1.54) is 0 Å². The van der Waals surface area contributed by atoms with Crippen LogP contribution in [-0.4, -0.2) is 25.2 Å². The molecule has 0 aliphatic carbocycles. The second kappa shape index (κ2) is 7.59. The van der Waals surface area contributed by atoms with Gasteiger partial charge in [0.1, 0.15) is 10.7 Å². The topological polar surface area (TPSA) is 34.1 Å². The van der Waals surface area contributed by atoms with Crippen LogP contribution in [0, 0.1) is 0 Å². The van der Waals surface area contributed by atoms with Gasteiger partial charge in [-0.1, -0.05) is 27.5 Å². The summed E-state index contributed by atoms with van der Waals surface area (Å²) in [6.07, 6.45) is 2.07. The van der Waals surface area contributed by atoms with E-state index in [0.29, 0.717) is 11.8 Å². The average molecular weight is 423 g/mol. The lowest BCUT2D eigenvalue weighted by Crippen LogP contribution is -2.09. The zero-order valence-corrected chi connectivity index (χ0v) is 15.0. The molecule has 0 amide bonds. The van der Waals surface area contributed by atoms with Gasteiger partial charge in [-0.25, -0.2) is 4.98 Å². The zero-order valence-electron chi connectivity index (χ0n) is 11.0. The number of rotatable bonds is 6. The van der Waals surface area contributed by atoms with Crippen molar-refractivity contribution in [1.29, 1.82) is 0 Å². The Balaban J connectivity index is 2.25. The van der Waals surface area contributed by atoms with E-state index in [1.807, 2.05) is 19.2 Å². The van der Waals surface area contributed by atoms with Gasteiger partial charge in [0.05, 0.1) is 11.1 Å². The van der Waals surface area contributed by atoms with E-state index >= 15 is 0 Å². The lowest BCUT2D eigenvalue weighted by Gasteiger charge is -2.12. The highest BCUT2D eigenvalue weighted by atomic mass is 79.9. The van der Waals surface area contributed by atoms with Crippen LogP contribution in [0.25, 0.3) is 10.9 Å². The largest absolute Gasteiger partial charge is 0.490 e. The van der Waals surface area contributed by atoms with Crippen LogP contribution in [0.15, 0.2) is 27.1 Å². The van der Waals surface area contributed by atoms with Crippen LogP contribution < -0.4 is 10.1 Å². The molecule has 6 heteroatoms. The summed E-state index contributed by atoms with van der Waals surface area (Å²) in [6, 6.07) is 5.69. The number of halogens is 3. The van der Waals surface area contributed by atoms with Crippen molar-refractivity contribution in [1.82, 2.24) is 10.3 Å². The Morgan fingerprint density at radius 2 is 2.05 bits per heavy atom. The van der Waals surface area contributed by atoms with Gasteiger partial charge in [0.15, 0.2) is 5.75 Å². The fourth-order valence-electron chi connectivity index (χ4n) is 1.88. The van der Waals surface area contributed by atoms with E-state index in [2.05, 4.69) is 42.2 Å². The van der Waals surface area contributed by atoms with Gasteiger partial charge in [0, 0.05) is 9.86 Å². The Bertz CT molecular complexity index is 607. The van der Waals surface area contributed by atoms with E-state index in [0.717, 1.165) is 45.0 Å². The van der Waals surface area contributed by atoms with Crippen LogP contribution in [0.2, 0.25) is 5.15 Å². The monoisotopic (exact) mass is 420 g/mol. The fourth-order valence-corrected chi connectivity index (χ4v) is 3.42. The Hall–Kier alpha value is -0.360. The first-order chi connectivity index (χ1) is 9.63. The number of fused-ring (bicyclic) bond motifs is 1. The van der Waals surface area contributed by atoms with Gasteiger partial charge < -0.3 is 10.1 Å². The number of ether oxygens (including phenoxy) is 1.